The molecular weight excluding hydrogens is 316 g/mol. The van der Waals surface area contributed by atoms with Crippen molar-refractivity contribution in [2.45, 2.75) is 52.1 Å². The number of amides is 1. The van der Waals surface area contributed by atoms with E-state index in [2.05, 4.69) is 54.2 Å². The lowest BCUT2D eigenvalue weighted by Gasteiger charge is -2.40. The summed E-state index contributed by atoms with van der Waals surface area (Å²) in [6.45, 7) is 11.0. The van der Waals surface area contributed by atoms with Crippen LogP contribution in [0, 0.1) is 6.92 Å². The second kappa shape index (κ2) is 5.15. The fourth-order valence-corrected chi connectivity index (χ4v) is 3.32. The molecule has 1 saturated heterocycles. The number of hydrogen-bond donors (Lipinski definition) is 1. The van der Waals surface area contributed by atoms with E-state index in [9.17, 15) is 4.79 Å². The van der Waals surface area contributed by atoms with Crippen LogP contribution in [0.25, 0.3) is 0 Å². The van der Waals surface area contributed by atoms with Gasteiger partial charge in [0.25, 0.3) is 0 Å². The van der Waals surface area contributed by atoms with Crippen LogP contribution in [0.3, 0.4) is 0 Å². The smallest absolute Gasteiger partial charge is 0.247 e. The number of nitrogens with zero attached hydrogens (tertiary/aromatic N) is 1. The molecule has 1 heterocycles. The molecule has 1 aromatic rings. The molecule has 3 nitrogen and oxygen atoms in total. The molecule has 20 heavy (non-hydrogen) atoms. The van der Waals surface area contributed by atoms with Crippen molar-refractivity contribution in [2.24, 2.45) is 0 Å². The first-order chi connectivity index (χ1) is 9.15. The molecule has 1 N–H and O–H groups in total. The van der Waals surface area contributed by atoms with Crippen LogP contribution in [-0.4, -0.2) is 23.5 Å². The molecule has 0 unspecified atom stereocenters. The Morgan fingerprint density at radius 3 is 2.50 bits per heavy atom. The predicted molar refractivity (Wildman–Crippen MR) is 87.1 cm³/mol. The lowest BCUT2D eigenvalue weighted by Crippen LogP contribution is -2.56. The maximum absolute atomic E-state index is 13.0. The number of nitrogens with one attached hydrogen (secondary N) is 1. The molecule has 1 amide bonds. The third kappa shape index (κ3) is 2.77. The highest BCUT2D eigenvalue weighted by molar-refractivity contribution is 9.10. The number of carbonyl (C=O) groups is 1. The summed E-state index contributed by atoms with van der Waals surface area (Å²) in [7, 11) is 0. The minimum atomic E-state index is -0.544. The minimum absolute atomic E-state index is 0.115. The van der Waals surface area contributed by atoms with Crippen LogP contribution in [0.1, 0.15) is 39.7 Å². The first-order valence-electron chi connectivity index (χ1n) is 7.01. The molecule has 1 fully saturated rings. The molecule has 0 aromatic heterocycles. The maximum atomic E-state index is 13.0. The molecule has 0 spiro atoms. The third-order valence-corrected chi connectivity index (χ3v) is 4.63. The van der Waals surface area contributed by atoms with Crippen LogP contribution in [0.2, 0.25) is 0 Å². The summed E-state index contributed by atoms with van der Waals surface area (Å²) < 4.78 is 0.969. The van der Waals surface area contributed by atoms with Crippen LogP contribution in [0.5, 0.6) is 0 Å². The highest BCUT2D eigenvalue weighted by Gasteiger charge is 2.43. The standard InChI is InChI=1S/C16H23BrN2O/c1-11-6-7-13(12(17)10-11)19-14(20)16(4,5)18-9-8-15(19,2)3/h6-7,10,18H,8-9H2,1-5H3. The van der Waals surface area contributed by atoms with E-state index in [1.54, 1.807) is 0 Å². The highest BCUT2D eigenvalue weighted by Crippen LogP contribution is 2.36. The zero-order valence-electron chi connectivity index (χ0n) is 12.9. The summed E-state index contributed by atoms with van der Waals surface area (Å²) in [5, 5.41) is 3.35. The molecule has 0 atom stereocenters. The summed E-state index contributed by atoms with van der Waals surface area (Å²) in [5.41, 5.74) is 1.37. The van der Waals surface area contributed by atoms with Crippen LogP contribution in [-0.2, 0) is 4.79 Å². The normalized spacial score (nSPS) is 21.7. The molecule has 1 aliphatic rings. The average Bonchev–Trinajstić information content (AvgIpc) is 2.37. The second-order valence-electron chi connectivity index (χ2n) is 6.71. The topological polar surface area (TPSA) is 32.3 Å². The summed E-state index contributed by atoms with van der Waals surface area (Å²) in [4.78, 5) is 14.9. The van der Waals surface area contributed by atoms with Gasteiger partial charge in [-0.2, -0.15) is 0 Å². The fourth-order valence-electron chi connectivity index (χ4n) is 2.65. The van der Waals surface area contributed by atoms with Crippen molar-refractivity contribution in [3.63, 3.8) is 0 Å². The van der Waals surface area contributed by atoms with Crippen molar-refractivity contribution < 1.29 is 4.79 Å². The van der Waals surface area contributed by atoms with Crippen molar-refractivity contribution in [1.82, 2.24) is 5.32 Å². The van der Waals surface area contributed by atoms with Crippen LogP contribution >= 0.6 is 15.9 Å². The van der Waals surface area contributed by atoms with Gasteiger partial charge in [-0.05, 0) is 81.2 Å². The van der Waals surface area contributed by atoms with Crippen molar-refractivity contribution in [3.8, 4) is 0 Å². The van der Waals surface area contributed by atoms with Gasteiger partial charge >= 0.3 is 0 Å². The van der Waals surface area contributed by atoms with E-state index in [0.29, 0.717) is 0 Å². The SMILES string of the molecule is Cc1ccc(N2C(=O)C(C)(C)NCCC2(C)C)c(Br)c1. The van der Waals surface area contributed by atoms with E-state index in [1.165, 1.54) is 5.56 Å². The number of benzene rings is 1. The zero-order chi connectivity index (χ0) is 15.1. The molecule has 0 bridgehead atoms. The second-order valence-corrected chi connectivity index (χ2v) is 7.56. The number of carbonyl (C=O) groups excluding carboxylic acids is 1. The van der Waals surface area contributed by atoms with Gasteiger partial charge in [-0.25, -0.2) is 0 Å². The Hall–Kier alpha value is -0.870. The summed E-state index contributed by atoms with van der Waals surface area (Å²) in [6, 6.07) is 6.14. The molecule has 1 aliphatic heterocycles. The molecule has 4 heteroatoms. The third-order valence-electron chi connectivity index (χ3n) is 3.99. The Morgan fingerprint density at radius 1 is 1.25 bits per heavy atom. The van der Waals surface area contributed by atoms with Crippen LogP contribution in [0.15, 0.2) is 22.7 Å². The molecule has 1 aromatic carbocycles. The number of aryl methyl sites for hydroxylation is 1. The molecule has 110 valence electrons. The van der Waals surface area contributed by atoms with Gasteiger partial charge in [0.2, 0.25) is 5.91 Å². The van der Waals surface area contributed by atoms with Gasteiger partial charge in [-0.15, -0.1) is 0 Å². The molecular formula is C16H23BrN2O. The van der Waals surface area contributed by atoms with E-state index in [-0.39, 0.29) is 11.4 Å². The van der Waals surface area contributed by atoms with E-state index in [0.717, 1.165) is 23.1 Å². The number of hydrogen-bond acceptors (Lipinski definition) is 2. The first-order valence-corrected chi connectivity index (χ1v) is 7.80. The van der Waals surface area contributed by atoms with Crippen molar-refractivity contribution in [2.75, 3.05) is 11.4 Å². The van der Waals surface area contributed by atoms with Gasteiger partial charge in [0, 0.05) is 10.0 Å². The van der Waals surface area contributed by atoms with Crippen LogP contribution in [0.4, 0.5) is 5.69 Å². The minimum Gasteiger partial charge on any atom is -0.304 e. The maximum Gasteiger partial charge on any atom is 0.247 e. The Labute approximate surface area is 129 Å². The van der Waals surface area contributed by atoms with Crippen molar-refractivity contribution in [1.29, 1.82) is 0 Å². The monoisotopic (exact) mass is 338 g/mol. The Kier molecular flexibility index (Phi) is 4.00. The summed E-state index contributed by atoms with van der Waals surface area (Å²) in [5.74, 6) is 0.115. The molecule has 0 aliphatic carbocycles. The van der Waals surface area contributed by atoms with Crippen molar-refractivity contribution in [3.05, 3.63) is 28.2 Å². The van der Waals surface area contributed by atoms with Gasteiger partial charge in [0.05, 0.1) is 11.2 Å². The van der Waals surface area contributed by atoms with E-state index in [1.807, 2.05) is 24.8 Å². The lowest BCUT2D eigenvalue weighted by atomic mass is 9.95. The molecule has 0 radical (unpaired) electrons. The van der Waals surface area contributed by atoms with E-state index >= 15 is 0 Å². The van der Waals surface area contributed by atoms with Gasteiger partial charge in [-0.1, -0.05) is 6.07 Å². The average molecular weight is 339 g/mol. The molecule has 0 saturated carbocycles. The van der Waals surface area contributed by atoms with Gasteiger partial charge in [0.1, 0.15) is 0 Å². The van der Waals surface area contributed by atoms with Crippen molar-refractivity contribution >= 4 is 27.5 Å². The largest absolute Gasteiger partial charge is 0.304 e. The summed E-state index contributed by atoms with van der Waals surface area (Å²) in [6.07, 6.45) is 0.919. The molecule has 2 rings (SSSR count). The lowest BCUT2D eigenvalue weighted by molar-refractivity contribution is -0.124. The summed E-state index contributed by atoms with van der Waals surface area (Å²) >= 11 is 3.61. The first kappa shape index (κ1) is 15.5. The number of anilines is 1. The highest BCUT2D eigenvalue weighted by atomic mass is 79.9. The van der Waals surface area contributed by atoms with Gasteiger partial charge < -0.3 is 10.2 Å². The van der Waals surface area contributed by atoms with E-state index < -0.39 is 5.54 Å². The van der Waals surface area contributed by atoms with E-state index in [4.69, 9.17) is 0 Å². The Bertz CT molecular complexity index is 537. The van der Waals surface area contributed by atoms with Gasteiger partial charge in [-0.3, -0.25) is 4.79 Å². The Morgan fingerprint density at radius 2 is 1.90 bits per heavy atom. The zero-order valence-corrected chi connectivity index (χ0v) is 14.5. The fraction of sp³-hybridized carbons (Fsp3) is 0.562. The van der Waals surface area contributed by atoms with Crippen LogP contribution < -0.4 is 10.2 Å². The van der Waals surface area contributed by atoms with Gasteiger partial charge in [0.15, 0.2) is 0 Å². The number of rotatable bonds is 1. The predicted octanol–water partition coefficient (Wildman–Crippen LogP) is 3.64. The quantitative estimate of drug-likeness (QED) is 0.847. The number of halogens is 1. The Balaban J connectivity index is 2.56.